The topological polar surface area (TPSA) is 41.5 Å². The number of allylic oxidation sites excluding steroid dienone is 1. The lowest BCUT2D eigenvalue weighted by Gasteiger charge is -1.83. The number of carbonyl (C=O) groups excluding carboxylic acids is 1. The van der Waals surface area contributed by atoms with Gasteiger partial charge in [-0.1, -0.05) is 6.08 Å². The zero-order valence-corrected chi connectivity index (χ0v) is 4.51. The van der Waals surface area contributed by atoms with Gasteiger partial charge in [0.25, 0.3) is 5.91 Å². The van der Waals surface area contributed by atoms with Crippen LogP contribution in [0.5, 0.6) is 0 Å². The van der Waals surface area contributed by atoms with Crippen molar-refractivity contribution in [3.63, 3.8) is 0 Å². The van der Waals surface area contributed by atoms with Gasteiger partial charge in [-0.05, 0) is 6.92 Å². The molecule has 0 saturated heterocycles. The summed E-state index contributed by atoms with van der Waals surface area (Å²) in [7, 11) is 0. The molecule has 1 amide bonds. The number of rotatable bonds is 0. The molecule has 0 atom stereocenters. The van der Waals surface area contributed by atoms with E-state index in [0.29, 0.717) is 5.57 Å². The van der Waals surface area contributed by atoms with Crippen LogP contribution in [0.1, 0.15) is 6.92 Å². The second-order valence-electron chi connectivity index (χ2n) is 1.44. The Hall–Kier alpha value is -1.12. The molecule has 0 unspecified atom stereocenters. The van der Waals surface area contributed by atoms with E-state index in [1.54, 1.807) is 13.0 Å². The maximum atomic E-state index is 10.5. The fourth-order valence-electron chi connectivity index (χ4n) is 0.489. The predicted octanol–water partition coefficient (Wildman–Crippen LogP) is 0.0483. The van der Waals surface area contributed by atoms with Crippen LogP contribution in [0, 0.1) is 0 Å². The molecule has 0 aromatic heterocycles. The first-order chi connectivity index (χ1) is 3.84. The first-order valence-corrected chi connectivity index (χ1v) is 2.34. The Bertz CT molecular complexity index is 169. The molecule has 0 aliphatic carbocycles. The Morgan fingerprint density at radius 3 is 2.88 bits per heavy atom. The van der Waals surface area contributed by atoms with Gasteiger partial charge >= 0.3 is 0 Å². The van der Waals surface area contributed by atoms with Crippen molar-refractivity contribution in [1.29, 1.82) is 0 Å². The molecule has 0 aromatic rings. The quantitative estimate of drug-likeness (QED) is 0.440. The summed E-state index contributed by atoms with van der Waals surface area (Å²) < 4.78 is 0. The van der Waals surface area contributed by atoms with Crippen molar-refractivity contribution in [2.24, 2.45) is 5.10 Å². The molecule has 0 bridgehead atoms. The monoisotopic (exact) mass is 110 g/mol. The minimum absolute atomic E-state index is 0.118. The second kappa shape index (κ2) is 1.78. The van der Waals surface area contributed by atoms with E-state index in [9.17, 15) is 4.79 Å². The summed E-state index contributed by atoms with van der Waals surface area (Å²) in [6.45, 7) is 1.80. The van der Waals surface area contributed by atoms with Gasteiger partial charge in [-0.3, -0.25) is 4.79 Å². The van der Waals surface area contributed by atoms with Crippen molar-refractivity contribution in [3.8, 4) is 0 Å². The van der Waals surface area contributed by atoms with E-state index < -0.39 is 0 Å². The SMILES string of the molecule is CC=C1C=NNC1=O. The van der Waals surface area contributed by atoms with Crippen LogP contribution in [0.2, 0.25) is 0 Å². The van der Waals surface area contributed by atoms with Crippen molar-refractivity contribution in [2.45, 2.75) is 6.92 Å². The number of hydrazone groups is 1. The lowest BCUT2D eigenvalue weighted by molar-refractivity contribution is -0.116. The molecule has 0 fully saturated rings. The molecule has 8 heavy (non-hydrogen) atoms. The van der Waals surface area contributed by atoms with E-state index in [1.807, 2.05) is 0 Å². The number of carbonyl (C=O) groups is 1. The molecule has 1 rings (SSSR count). The lowest BCUT2D eigenvalue weighted by Crippen LogP contribution is -2.11. The molecule has 0 aromatic carbocycles. The van der Waals surface area contributed by atoms with Crippen LogP contribution in [-0.2, 0) is 4.79 Å². The van der Waals surface area contributed by atoms with Crippen molar-refractivity contribution in [2.75, 3.05) is 0 Å². The summed E-state index contributed by atoms with van der Waals surface area (Å²) in [6, 6.07) is 0. The fourth-order valence-corrected chi connectivity index (χ4v) is 0.489. The van der Waals surface area contributed by atoms with Crippen molar-refractivity contribution in [3.05, 3.63) is 11.6 Å². The number of hydrogen-bond donors (Lipinski definition) is 1. The molecule has 42 valence electrons. The van der Waals surface area contributed by atoms with Crippen LogP contribution in [0.15, 0.2) is 16.8 Å². The van der Waals surface area contributed by atoms with Gasteiger partial charge in [-0.2, -0.15) is 5.10 Å². The second-order valence-corrected chi connectivity index (χ2v) is 1.44. The molecule has 3 heteroatoms. The highest BCUT2D eigenvalue weighted by Gasteiger charge is 2.08. The van der Waals surface area contributed by atoms with Gasteiger partial charge in [0.15, 0.2) is 0 Å². The molecule has 1 aliphatic rings. The Kier molecular flexibility index (Phi) is 1.12. The van der Waals surface area contributed by atoms with E-state index in [2.05, 4.69) is 10.5 Å². The summed E-state index contributed by atoms with van der Waals surface area (Å²) in [4.78, 5) is 10.5. The third kappa shape index (κ3) is 0.621. The van der Waals surface area contributed by atoms with E-state index >= 15 is 0 Å². The molecule has 1 aliphatic heterocycles. The molecular weight excluding hydrogens is 104 g/mol. The van der Waals surface area contributed by atoms with Gasteiger partial charge in [0, 0.05) is 0 Å². The van der Waals surface area contributed by atoms with E-state index in [1.165, 1.54) is 6.21 Å². The van der Waals surface area contributed by atoms with E-state index in [4.69, 9.17) is 0 Å². The van der Waals surface area contributed by atoms with E-state index in [0.717, 1.165) is 0 Å². The average molecular weight is 110 g/mol. The summed E-state index contributed by atoms with van der Waals surface area (Å²) >= 11 is 0. The largest absolute Gasteiger partial charge is 0.272 e. The molecule has 1 heterocycles. The Morgan fingerprint density at radius 2 is 2.62 bits per heavy atom. The zero-order chi connectivity index (χ0) is 5.98. The number of nitrogens with zero attached hydrogens (tertiary/aromatic N) is 1. The number of nitrogens with one attached hydrogen (secondary N) is 1. The van der Waals surface area contributed by atoms with Crippen LogP contribution >= 0.6 is 0 Å². The van der Waals surface area contributed by atoms with Gasteiger partial charge < -0.3 is 0 Å². The highest BCUT2D eigenvalue weighted by molar-refractivity contribution is 6.15. The van der Waals surface area contributed by atoms with Gasteiger partial charge in [-0.15, -0.1) is 0 Å². The van der Waals surface area contributed by atoms with Gasteiger partial charge in [0.1, 0.15) is 0 Å². The third-order valence-electron chi connectivity index (χ3n) is 0.943. The molecular formula is C5H6N2O. The minimum atomic E-state index is -0.118. The van der Waals surface area contributed by atoms with Gasteiger partial charge in [-0.25, -0.2) is 5.43 Å². The van der Waals surface area contributed by atoms with E-state index in [-0.39, 0.29) is 5.91 Å². The fraction of sp³-hybridized carbons (Fsp3) is 0.200. The van der Waals surface area contributed by atoms with Crippen molar-refractivity contribution >= 4 is 12.1 Å². The highest BCUT2D eigenvalue weighted by atomic mass is 16.2. The zero-order valence-electron chi connectivity index (χ0n) is 4.51. The highest BCUT2D eigenvalue weighted by Crippen LogP contribution is 1.94. The number of hydrogen-bond acceptors (Lipinski definition) is 2. The van der Waals surface area contributed by atoms with Crippen LogP contribution in [0.4, 0.5) is 0 Å². The Labute approximate surface area is 47.1 Å². The van der Waals surface area contributed by atoms with Crippen LogP contribution < -0.4 is 5.43 Å². The molecule has 0 saturated carbocycles. The van der Waals surface area contributed by atoms with Crippen LogP contribution in [0.25, 0.3) is 0 Å². The standard InChI is InChI=1S/C5H6N2O/c1-2-4-3-6-7-5(4)8/h2-3H,1H3,(H,7,8). The third-order valence-corrected chi connectivity index (χ3v) is 0.943. The van der Waals surface area contributed by atoms with Crippen molar-refractivity contribution in [1.82, 2.24) is 5.43 Å². The summed E-state index contributed by atoms with van der Waals surface area (Å²) in [6.07, 6.45) is 3.22. The predicted molar refractivity (Wildman–Crippen MR) is 30.4 cm³/mol. The lowest BCUT2D eigenvalue weighted by atomic mass is 10.3. The average Bonchev–Trinajstić information content (AvgIpc) is 2.14. The van der Waals surface area contributed by atoms with Crippen molar-refractivity contribution < 1.29 is 4.79 Å². The first-order valence-electron chi connectivity index (χ1n) is 2.34. The Morgan fingerprint density at radius 1 is 1.88 bits per heavy atom. The van der Waals surface area contributed by atoms with Crippen LogP contribution in [0.3, 0.4) is 0 Å². The molecule has 0 radical (unpaired) electrons. The molecule has 1 N–H and O–H groups in total. The summed E-state index contributed by atoms with van der Waals surface area (Å²) in [5.41, 5.74) is 2.91. The van der Waals surface area contributed by atoms with Gasteiger partial charge in [0.05, 0.1) is 11.8 Å². The number of amides is 1. The summed E-state index contributed by atoms with van der Waals surface area (Å²) in [5, 5.41) is 3.52. The maximum Gasteiger partial charge on any atom is 0.272 e. The minimum Gasteiger partial charge on any atom is -0.267 e. The summed E-state index contributed by atoms with van der Waals surface area (Å²) in [5.74, 6) is -0.118. The van der Waals surface area contributed by atoms with Gasteiger partial charge in [0.2, 0.25) is 0 Å². The smallest absolute Gasteiger partial charge is 0.267 e. The maximum absolute atomic E-state index is 10.5. The Balaban J connectivity index is 2.82. The first kappa shape index (κ1) is 5.03. The molecule has 0 spiro atoms. The normalized spacial score (nSPS) is 22.1. The van der Waals surface area contributed by atoms with Crippen LogP contribution in [-0.4, -0.2) is 12.1 Å². The molecule has 3 nitrogen and oxygen atoms in total.